The molecule has 0 bridgehead atoms. The second-order valence-corrected chi connectivity index (χ2v) is 6.16. The summed E-state index contributed by atoms with van der Waals surface area (Å²) in [6.45, 7) is 6.37. The minimum Gasteiger partial charge on any atom is -0.330 e. The lowest BCUT2D eigenvalue weighted by Crippen LogP contribution is -2.53. The first-order valence-electron chi connectivity index (χ1n) is 6.73. The fourth-order valence-corrected chi connectivity index (χ4v) is 3.35. The number of rotatable bonds is 2. The first kappa shape index (κ1) is 12.6. The topological polar surface area (TPSA) is 37.4 Å². The van der Waals surface area contributed by atoms with E-state index in [9.17, 15) is 9.59 Å². The molecule has 0 N–H and O–H groups in total. The van der Waals surface area contributed by atoms with Gasteiger partial charge >= 0.3 is 0 Å². The van der Waals surface area contributed by atoms with E-state index in [4.69, 9.17) is 0 Å². The maximum absolute atomic E-state index is 12.7. The third-order valence-electron chi connectivity index (χ3n) is 4.87. The molecule has 3 nitrogen and oxygen atoms in total. The van der Waals surface area contributed by atoms with E-state index in [0.29, 0.717) is 0 Å². The van der Waals surface area contributed by atoms with Crippen LogP contribution in [-0.4, -0.2) is 28.7 Å². The van der Waals surface area contributed by atoms with Gasteiger partial charge in [0.1, 0.15) is 0 Å². The highest BCUT2D eigenvalue weighted by atomic mass is 16.2. The molecule has 17 heavy (non-hydrogen) atoms. The molecule has 2 fully saturated rings. The standard InChI is InChI=1S/C14H23NO2/c1-11(16)14(3)9-6-10-15(14)12(17)13(2)7-4-5-8-13/h4-10H2,1-3H3/t14-/m0/s1. The van der Waals surface area contributed by atoms with Gasteiger partial charge in [-0.05, 0) is 39.5 Å². The van der Waals surface area contributed by atoms with Gasteiger partial charge in [0.15, 0.2) is 5.78 Å². The van der Waals surface area contributed by atoms with Crippen LogP contribution in [0.2, 0.25) is 0 Å². The second-order valence-electron chi connectivity index (χ2n) is 6.16. The van der Waals surface area contributed by atoms with Crippen molar-refractivity contribution in [1.29, 1.82) is 0 Å². The molecule has 1 heterocycles. The first-order valence-corrected chi connectivity index (χ1v) is 6.73. The molecular weight excluding hydrogens is 214 g/mol. The Labute approximate surface area is 104 Å². The van der Waals surface area contributed by atoms with Gasteiger partial charge < -0.3 is 4.90 Å². The van der Waals surface area contributed by atoms with Crippen molar-refractivity contribution in [2.75, 3.05) is 6.54 Å². The van der Waals surface area contributed by atoms with Crippen LogP contribution in [-0.2, 0) is 9.59 Å². The molecule has 2 rings (SSSR count). The van der Waals surface area contributed by atoms with Gasteiger partial charge in [-0.15, -0.1) is 0 Å². The van der Waals surface area contributed by atoms with Crippen molar-refractivity contribution in [2.45, 2.75) is 64.8 Å². The van der Waals surface area contributed by atoms with Crippen molar-refractivity contribution >= 4 is 11.7 Å². The Morgan fingerprint density at radius 3 is 2.12 bits per heavy atom. The van der Waals surface area contributed by atoms with Crippen molar-refractivity contribution in [3.8, 4) is 0 Å². The van der Waals surface area contributed by atoms with Crippen LogP contribution in [0.3, 0.4) is 0 Å². The molecule has 3 heteroatoms. The van der Waals surface area contributed by atoms with E-state index in [1.807, 2.05) is 11.8 Å². The summed E-state index contributed by atoms with van der Waals surface area (Å²) >= 11 is 0. The minimum atomic E-state index is -0.539. The van der Waals surface area contributed by atoms with Gasteiger partial charge in [0.2, 0.25) is 5.91 Å². The second kappa shape index (κ2) is 4.11. The Kier molecular flexibility index (Phi) is 3.04. The molecule has 1 amide bonds. The largest absolute Gasteiger partial charge is 0.330 e. The third-order valence-corrected chi connectivity index (χ3v) is 4.87. The van der Waals surface area contributed by atoms with E-state index >= 15 is 0 Å². The predicted octanol–water partition coefficient (Wildman–Crippen LogP) is 2.54. The van der Waals surface area contributed by atoms with Crippen molar-refractivity contribution < 1.29 is 9.59 Å². The van der Waals surface area contributed by atoms with Crippen LogP contribution in [0.5, 0.6) is 0 Å². The number of Topliss-reactive ketones (excluding diaryl/α,β-unsaturated/α-hetero) is 1. The van der Waals surface area contributed by atoms with Gasteiger partial charge in [0.05, 0.1) is 5.54 Å². The summed E-state index contributed by atoms with van der Waals surface area (Å²) in [5.74, 6) is 0.343. The first-order chi connectivity index (χ1) is 7.90. The average molecular weight is 237 g/mol. The van der Waals surface area contributed by atoms with Crippen LogP contribution in [0.25, 0.3) is 0 Å². The van der Waals surface area contributed by atoms with Gasteiger partial charge in [-0.25, -0.2) is 0 Å². The molecule has 1 atom stereocenters. The summed E-state index contributed by atoms with van der Waals surface area (Å²) in [5.41, 5.74) is -0.746. The zero-order valence-electron chi connectivity index (χ0n) is 11.2. The van der Waals surface area contributed by atoms with Crippen molar-refractivity contribution in [3.05, 3.63) is 0 Å². The van der Waals surface area contributed by atoms with Gasteiger partial charge in [0, 0.05) is 12.0 Å². The van der Waals surface area contributed by atoms with Gasteiger partial charge in [-0.2, -0.15) is 0 Å². The highest BCUT2D eigenvalue weighted by Crippen LogP contribution is 2.42. The molecule has 1 saturated heterocycles. The van der Waals surface area contributed by atoms with Crippen LogP contribution < -0.4 is 0 Å². The molecule has 2 aliphatic rings. The van der Waals surface area contributed by atoms with Crippen molar-refractivity contribution in [3.63, 3.8) is 0 Å². The maximum atomic E-state index is 12.7. The smallest absolute Gasteiger partial charge is 0.229 e. The maximum Gasteiger partial charge on any atom is 0.229 e. The van der Waals surface area contributed by atoms with Crippen LogP contribution in [0, 0.1) is 5.41 Å². The van der Waals surface area contributed by atoms with Crippen LogP contribution >= 0.6 is 0 Å². The molecule has 0 aromatic rings. The molecule has 96 valence electrons. The van der Waals surface area contributed by atoms with Gasteiger partial charge in [-0.1, -0.05) is 19.8 Å². The van der Waals surface area contributed by atoms with Crippen molar-refractivity contribution in [2.24, 2.45) is 5.41 Å². The van der Waals surface area contributed by atoms with E-state index in [0.717, 1.165) is 45.1 Å². The molecule has 1 aliphatic heterocycles. The molecule has 0 radical (unpaired) electrons. The van der Waals surface area contributed by atoms with E-state index < -0.39 is 5.54 Å². The average Bonchev–Trinajstić information content (AvgIpc) is 2.86. The molecular formula is C14H23NO2. The third kappa shape index (κ3) is 1.90. The summed E-state index contributed by atoms with van der Waals surface area (Å²) in [6, 6.07) is 0. The summed E-state index contributed by atoms with van der Waals surface area (Å²) in [7, 11) is 0. The SMILES string of the molecule is CC(=O)[C@]1(C)CCCN1C(=O)C1(C)CCCC1. The van der Waals surface area contributed by atoms with E-state index in [1.54, 1.807) is 6.92 Å². The van der Waals surface area contributed by atoms with Gasteiger partial charge in [-0.3, -0.25) is 9.59 Å². The summed E-state index contributed by atoms with van der Waals surface area (Å²) in [4.78, 5) is 26.3. The number of ketones is 1. The lowest BCUT2D eigenvalue weighted by atomic mass is 9.84. The zero-order valence-corrected chi connectivity index (χ0v) is 11.2. The predicted molar refractivity (Wildman–Crippen MR) is 66.6 cm³/mol. The highest BCUT2D eigenvalue weighted by Gasteiger charge is 2.49. The minimum absolute atomic E-state index is 0.130. The highest BCUT2D eigenvalue weighted by molar-refractivity contribution is 5.93. The molecule has 0 aromatic heterocycles. The number of nitrogens with zero attached hydrogens (tertiary/aromatic N) is 1. The van der Waals surface area contributed by atoms with Crippen LogP contribution in [0.1, 0.15) is 59.3 Å². The fourth-order valence-electron chi connectivity index (χ4n) is 3.35. The van der Waals surface area contributed by atoms with E-state index in [2.05, 4.69) is 6.92 Å². The zero-order chi connectivity index (χ0) is 12.7. The monoisotopic (exact) mass is 237 g/mol. The molecule has 0 unspecified atom stereocenters. The van der Waals surface area contributed by atoms with E-state index in [-0.39, 0.29) is 17.1 Å². The summed E-state index contributed by atoms with van der Waals surface area (Å²) in [6.07, 6.45) is 6.04. The summed E-state index contributed by atoms with van der Waals surface area (Å²) in [5, 5.41) is 0. The number of hydrogen-bond donors (Lipinski definition) is 0. The number of carbonyl (C=O) groups excluding carboxylic acids is 2. The van der Waals surface area contributed by atoms with Crippen LogP contribution in [0.4, 0.5) is 0 Å². The van der Waals surface area contributed by atoms with Gasteiger partial charge in [0.25, 0.3) is 0 Å². The lowest BCUT2D eigenvalue weighted by molar-refractivity contribution is -0.149. The molecule has 1 aliphatic carbocycles. The Bertz CT molecular complexity index is 344. The lowest BCUT2D eigenvalue weighted by Gasteiger charge is -2.38. The normalized spacial score (nSPS) is 31.8. The Morgan fingerprint density at radius 1 is 1.00 bits per heavy atom. The Hall–Kier alpha value is -0.860. The Balaban J connectivity index is 2.22. The molecule has 1 saturated carbocycles. The molecule has 0 spiro atoms. The van der Waals surface area contributed by atoms with E-state index in [1.165, 1.54) is 0 Å². The molecule has 0 aromatic carbocycles. The summed E-state index contributed by atoms with van der Waals surface area (Å²) < 4.78 is 0. The fraction of sp³-hybridized carbons (Fsp3) is 0.857. The number of carbonyl (C=O) groups is 2. The Morgan fingerprint density at radius 2 is 1.59 bits per heavy atom. The number of likely N-dealkylation sites (tertiary alicyclic amines) is 1. The quantitative estimate of drug-likeness (QED) is 0.740. The number of hydrogen-bond acceptors (Lipinski definition) is 2. The van der Waals surface area contributed by atoms with Crippen molar-refractivity contribution in [1.82, 2.24) is 4.90 Å². The van der Waals surface area contributed by atoms with Crippen LogP contribution in [0.15, 0.2) is 0 Å². The number of amides is 1.